The van der Waals surface area contributed by atoms with Crippen molar-refractivity contribution in [3.05, 3.63) is 0 Å². The van der Waals surface area contributed by atoms with E-state index in [2.05, 4.69) is 30.9 Å². The average Bonchev–Trinajstić information content (AvgIpc) is 2.14. The van der Waals surface area contributed by atoms with Crippen LogP contribution in [0, 0.1) is 0 Å². The fourth-order valence-corrected chi connectivity index (χ4v) is 0.990. The fraction of sp³-hybridized carbons (Fsp3) is 1.00. The highest BCUT2D eigenvalue weighted by atomic mass is 16.5. The van der Waals surface area contributed by atoms with Crippen molar-refractivity contribution in [3.63, 3.8) is 0 Å². The molecule has 0 heterocycles. The topological polar surface area (TPSA) is 41.7 Å². The largest absolute Gasteiger partial charge is 0.380 e. The van der Waals surface area contributed by atoms with Crippen LogP contribution in [0.1, 0.15) is 6.42 Å². The van der Waals surface area contributed by atoms with E-state index < -0.39 is 0 Å². The van der Waals surface area contributed by atoms with Crippen molar-refractivity contribution in [3.8, 4) is 0 Å². The van der Waals surface area contributed by atoms with Gasteiger partial charge >= 0.3 is 0 Å². The zero-order valence-corrected chi connectivity index (χ0v) is 9.83. The maximum absolute atomic E-state index is 5.42. The van der Waals surface area contributed by atoms with Crippen molar-refractivity contribution in [2.45, 2.75) is 6.42 Å². The first-order chi connectivity index (χ1) is 6.66. The molecule has 0 fully saturated rings. The maximum atomic E-state index is 5.42. The molecule has 0 aromatic carbocycles. The van der Waals surface area contributed by atoms with Crippen LogP contribution < -0.4 is 5.73 Å². The molecule has 0 aliphatic heterocycles. The van der Waals surface area contributed by atoms with Gasteiger partial charge in [-0.05, 0) is 34.1 Å². The number of likely N-dealkylation sites (N-methyl/N-ethyl adjacent to an activating group) is 2. The third-order valence-electron chi connectivity index (χ3n) is 2.04. The van der Waals surface area contributed by atoms with Crippen LogP contribution >= 0.6 is 0 Å². The molecule has 4 nitrogen and oxygen atoms in total. The predicted molar refractivity (Wildman–Crippen MR) is 60.5 cm³/mol. The second-order valence-electron chi connectivity index (χ2n) is 3.86. The third kappa shape index (κ3) is 9.92. The Morgan fingerprint density at radius 3 is 2.29 bits per heavy atom. The zero-order chi connectivity index (χ0) is 10.8. The molecule has 0 aliphatic carbocycles. The molecule has 0 radical (unpaired) electrons. The van der Waals surface area contributed by atoms with E-state index in [-0.39, 0.29) is 0 Å². The van der Waals surface area contributed by atoms with Crippen LogP contribution in [0.2, 0.25) is 0 Å². The lowest BCUT2D eigenvalue weighted by Gasteiger charge is -2.19. The highest BCUT2D eigenvalue weighted by Crippen LogP contribution is 1.86. The Bertz CT molecular complexity index is 120. The second kappa shape index (κ2) is 9.40. The average molecular weight is 203 g/mol. The molecule has 0 aromatic heterocycles. The van der Waals surface area contributed by atoms with Crippen LogP contribution in [0.25, 0.3) is 0 Å². The van der Waals surface area contributed by atoms with Crippen molar-refractivity contribution in [1.82, 2.24) is 9.80 Å². The number of nitrogens with two attached hydrogens (primary N) is 1. The van der Waals surface area contributed by atoms with Crippen LogP contribution in [0.15, 0.2) is 0 Å². The van der Waals surface area contributed by atoms with Gasteiger partial charge in [0.1, 0.15) is 0 Å². The molecule has 0 saturated carbocycles. The minimum absolute atomic E-state index is 0.719. The van der Waals surface area contributed by atoms with Crippen molar-refractivity contribution < 1.29 is 4.74 Å². The van der Waals surface area contributed by atoms with E-state index in [0.717, 1.165) is 45.8 Å². The summed E-state index contributed by atoms with van der Waals surface area (Å²) in [5.74, 6) is 0. The summed E-state index contributed by atoms with van der Waals surface area (Å²) in [5, 5.41) is 0. The number of ether oxygens (including phenoxy) is 1. The summed E-state index contributed by atoms with van der Waals surface area (Å²) in [6, 6.07) is 0. The normalized spacial score (nSPS) is 11.6. The first-order valence-corrected chi connectivity index (χ1v) is 5.28. The van der Waals surface area contributed by atoms with E-state index in [4.69, 9.17) is 10.5 Å². The summed E-state index contributed by atoms with van der Waals surface area (Å²) in [4.78, 5) is 4.47. The SMILES string of the molecule is CN(C)CCN(C)CCOCCCN. The molecule has 0 spiro atoms. The van der Waals surface area contributed by atoms with Gasteiger partial charge < -0.3 is 20.3 Å². The lowest BCUT2D eigenvalue weighted by molar-refractivity contribution is 0.109. The maximum Gasteiger partial charge on any atom is 0.0593 e. The summed E-state index contributed by atoms with van der Waals surface area (Å²) in [6.07, 6.45) is 0.960. The highest BCUT2D eigenvalue weighted by molar-refractivity contribution is 4.53. The Balaban J connectivity index is 3.14. The van der Waals surface area contributed by atoms with E-state index in [9.17, 15) is 0 Å². The molecular weight excluding hydrogens is 178 g/mol. The summed E-state index contributed by atoms with van der Waals surface area (Å²) in [5.41, 5.74) is 5.36. The van der Waals surface area contributed by atoms with Gasteiger partial charge in [-0.2, -0.15) is 0 Å². The van der Waals surface area contributed by atoms with Gasteiger partial charge in [0.05, 0.1) is 6.61 Å². The molecule has 0 aliphatic rings. The van der Waals surface area contributed by atoms with Gasteiger partial charge in [0, 0.05) is 26.2 Å². The second-order valence-corrected chi connectivity index (χ2v) is 3.86. The summed E-state index contributed by atoms with van der Waals surface area (Å²) in [6.45, 7) is 5.50. The number of hydrogen-bond donors (Lipinski definition) is 1. The quantitative estimate of drug-likeness (QED) is 0.529. The smallest absolute Gasteiger partial charge is 0.0593 e. The van der Waals surface area contributed by atoms with Crippen molar-refractivity contribution in [2.75, 3.05) is 60.5 Å². The molecule has 0 saturated heterocycles. The minimum atomic E-state index is 0.719. The Hall–Kier alpha value is -0.160. The summed E-state index contributed by atoms with van der Waals surface area (Å²) in [7, 11) is 6.30. The molecular formula is C10H25N3O. The standard InChI is InChI=1S/C10H25N3O/c1-12(2)6-7-13(3)8-10-14-9-4-5-11/h4-11H2,1-3H3. The van der Waals surface area contributed by atoms with Gasteiger partial charge in [0.25, 0.3) is 0 Å². The molecule has 86 valence electrons. The van der Waals surface area contributed by atoms with Crippen molar-refractivity contribution >= 4 is 0 Å². The predicted octanol–water partition coefficient (Wildman–Crippen LogP) is -0.155. The van der Waals surface area contributed by atoms with Gasteiger partial charge in [-0.3, -0.25) is 0 Å². The van der Waals surface area contributed by atoms with E-state index in [1.54, 1.807) is 0 Å². The van der Waals surface area contributed by atoms with Crippen LogP contribution in [-0.2, 0) is 4.74 Å². The highest BCUT2D eigenvalue weighted by Gasteiger charge is 1.98. The van der Waals surface area contributed by atoms with E-state index in [1.165, 1.54) is 0 Å². The molecule has 0 unspecified atom stereocenters. The van der Waals surface area contributed by atoms with Gasteiger partial charge in [-0.15, -0.1) is 0 Å². The Morgan fingerprint density at radius 2 is 1.71 bits per heavy atom. The van der Waals surface area contributed by atoms with Gasteiger partial charge in [0.15, 0.2) is 0 Å². The van der Waals surface area contributed by atoms with Crippen LogP contribution in [0.3, 0.4) is 0 Å². The summed E-state index contributed by atoms with van der Waals surface area (Å²) >= 11 is 0. The van der Waals surface area contributed by atoms with Gasteiger partial charge in [0.2, 0.25) is 0 Å². The monoisotopic (exact) mass is 203 g/mol. The molecule has 14 heavy (non-hydrogen) atoms. The van der Waals surface area contributed by atoms with E-state index in [1.807, 2.05) is 0 Å². The molecule has 0 aromatic rings. The first-order valence-electron chi connectivity index (χ1n) is 5.28. The molecule has 0 atom stereocenters. The Morgan fingerprint density at radius 1 is 1.00 bits per heavy atom. The van der Waals surface area contributed by atoms with Crippen molar-refractivity contribution in [2.24, 2.45) is 5.73 Å². The zero-order valence-electron chi connectivity index (χ0n) is 9.83. The lowest BCUT2D eigenvalue weighted by atomic mass is 10.4. The third-order valence-corrected chi connectivity index (χ3v) is 2.04. The molecule has 0 bridgehead atoms. The molecule has 0 rings (SSSR count). The minimum Gasteiger partial charge on any atom is -0.380 e. The molecule has 0 amide bonds. The molecule has 2 N–H and O–H groups in total. The fourth-order valence-electron chi connectivity index (χ4n) is 0.990. The number of nitrogens with zero attached hydrogens (tertiary/aromatic N) is 2. The van der Waals surface area contributed by atoms with Crippen LogP contribution in [0.5, 0.6) is 0 Å². The van der Waals surface area contributed by atoms with Gasteiger partial charge in [-0.25, -0.2) is 0 Å². The van der Waals surface area contributed by atoms with Crippen molar-refractivity contribution in [1.29, 1.82) is 0 Å². The number of hydrogen-bond acceptors (Lipinski definition) is 4. The van der Waals surface area contributed by atoms with Gasteiger partial charge in [-0.1, -0.05) is 0 Å². The summed E-state index contributed by atoms with van der Waals surface area (Å²) < 4.78 is 5.42. The Kier molecular flexibility index (Phi) is 9.29. The lowest BCUT2D eigenvalue weighted by Crippen LogP contribution is -2.31. The number of rotatable bonds is 9. The van der Waals surface area contributed by atoms with E-state index >= 15 is 0 Å². The first kappa shape index (κ1) is 13.8. The van der Waals surface area contributed by atoms with Crippen LogP contribution in [0.4, 0.5) is 0 Å². The van der Waals surface area contributed by atoms with Crippen LogP contribution in [-0.4, -0.2) is 70.3 Å². The Labute approximate surface area is 88.0 Å². The molecule has 4 heteroatoms. The van der Waals surface area contributed by atoms with E-state index in [0.29, 0.717) is 0 Å².